The van der Waals surface area contributed by atoms with E-state index in [1.807, 2.05) is 0 Å². The molecule has 5 nitrogen and oxygen atoms in total. The second-order valence-corrected chi connectivity index (χ2v) is 7.26. The van der Waals surface area contributed by atoms with Crippen molar-refractivity contribution in [3.8, 4) is 0 Å². The number of esters is 1. The van der Waals surface area contributed by atoms with Gasteiger partial charge in [0.25, 0.3) is 0 Å². The van der Waals surface area contributed by atoms with E-state index in [1.54, 1.807) is 39.0 Å². The van der Waals surface area contributed by atoms with Gasteiger partial charge in [0.05, 0.1) is 16.9 Å². The average Bonchev–Trinajstić information content (AvgIpc) is 2.35. The number of nitrogens with one attached hydrogen (secondary N) is 1. The fourth-order valence-electron chi connectivity index (χ4n) is 1.41. The summed E-state index contributed by atoms with van der Waals surface area (Å²) in [5, 5.41) is 0. The number of halogens is 1. The van der Waals surface area contributed by atoms with Crippen LogP contribution in [-0.2, 0) is 19.6 Å². The SMILES string of the molecule is CC(C)OC(=O)C(C)CNS(=O)(=O)c1ccccc1Br. The van der Waals surface area contributed by atoms with E-state index in [9.17, 15) is 13.2 Å². The number of sulfonamides is 1. The maximum atomic E-state index is 12.1. The molecule has 1 N–H and O–H groups in total. The molecule has 0 bridgehead atoms. The molecule has 0 amide bonds. The molecule has 7 heteroatoms. The van der Waals surface area contributed by atoms with E-state index in [4.69, 9.17) is 4.74 Å². The van der Waals surface area contributed by atoms with Gasteiger partial charge < -0.3 is 4.74 Å². The number of rotatable bonds is 6. The number of benzene rings is 1. The van der Waals surface area contributed by atoms with Gasteiger partial charge in [0.15, 0.2) is 0 Å². The number of hydrogen-bond acceptors (Lipinski definition) is 4. The van der Waals surface area contributed by atoms with Crippen molar-refractivity contribution < 1.29 is 17.9 Å². The first-order valence-electron chi connectivity index (χ1n) is 6.18. The van der Waals surface area contributed by atoms with Gasteiger partial charge in [0.2, 0.25) is 10.0 Å². The fraction of sp³-hybridized carbons (Fsp3) is 0.462. The maximum absolute atomic E-state index is 12.1. The Kier molecular flexibility index (Phi) is 6.16. The number of carbonyl (C=O) groups excluding carboxylic acids is 1. The van der Waals surface area contributed by atoms with Crippen molar-refractivity contribution in [2.24, 2.45) is 5.92 Å². The third kappa shape index (κ3) is 4.88. The van der Waals surface area contributed by atoms with Crippen molar-refractivity contribution in [1.82, 2.24) is 4.72 Å². The lowest BCUT2D eigenvalue weighted by Crippen LogP contribution is -2.33. The zero-order valence-corrected chi connectivity index (χ0v) is 14.0. The van der Waals surface area contributed by atoms with E-state index in [0.29, 0.717) is 4.47 Å². The van der Waals surface area contributed by atoms with Crippen molar-refractivity contribution in [2.75, 3.05) is 6.54 Å². The largest absolute Gasteiger partial charge is 0.463 e. The predicted molar refractivity (Wildman–Crippen MR) is 79.7 cm³/mol. The lowest BCUT2D eigenvalue weighted by molar-refractivity contribution is -0.151. The van der Waals surface area contributed by atoms with Crippen LogP contribution in [0.1, 0.15) is 20.8 Å². The van der Waals surface area contributed by atoms with E-state index in [-0.39, 0.29) is 17.5 Å². The van der Waals surface area contributed by atoms with Gasteiger partial charge >= 0.3 is 5.97 Å². The first-order valence-corrected chi connectivity index (χ1v) is 8.46. The van der Waals surface area contributed by atoms with E-state index in [1.165, 1.54) is 6.07 Å². The summed E-state index contributed by atoms with van der Waals surface area (Å²) in [6, 6.07) is 6.50. The molecule has 0 saturated carbocycles. The van der Waals surface area contributed by atoms with Crippen LogP contribution in [-0.4, -0.2) is 27.0 Å². The van der Waals surface area contributed by atoms with E-state index in [0.717, 1.165) is 0 Å². The van der Waals surface area contributed by atoms with Crippen LogP contribution in [0.2, 0.25) is 0 Å². The molecule has 1 aromatic carbocycles. The molecule has 0 aliphatic rings. The number of carbonyl (C=O) groups is 1. The zero-order valence-electron chi connectivity index (χ0n) is 11.6. The summed E-state index contributed by atoms with van der Waals surface area (Å²) in [5.74, 6) is -0.968. The van der Waals surface area contributed by atoms with Crippen molar-refractivity contribution in [3.63, 3.8) is 0 Å². The van der Waals surface area contributed by atoms with Gasteiger partial charge in [-0.1, -0.05) is 19.1 Å². The van der Waals surface area contributed by atoms with E-state index in [2.05, 4.69) is 20.7 Å². The molecule has 112 valence electrons. The summed E-state index contributed by atoms with van der Waals surface area (Å²) in [5.41, 5.74) is 0. The van der Waals surface area contributed by atoms with Crippen molar-refractivity contribution in [3.05, 3.63) is 28.7 Å². The fourth-order valence-corrected chi connectivity index (χ4v) is 3.54. The Hall–Kier alpha value is -0.920. The van der Waals surface area contributed by atoms with Crippen LogP contribution in [0.25, 0.3) is 0 Å². The first kappa shape index (κ1) is 17.1. The molecule has 0 heterocycles. The minimum absolute atomic E-state index is 0.00474. The van der Waals surface area contributed by atoms with E-state index < -0.39 is 21.9 Å². The smallest absolute Gasteiger partial charge is 0.310 e. The molecule has 1 unspecified atom stereocenters. The Morgan fingerprint density at radius 3 is 2.45 bits per heavy atom. The van der Waals surface area contributed by atoms with Crippen molar-refractivity contribution in [1.29, 1.82) is 0 Å². The van der Waals surface area contributed by atoms with Gasteiger partial charge in [0.1, 0.15) is 0 Å². The van der Waals surface area contributed by atoms with Crippen LogP contribution in [0, 0.1) is 5.92 Å². The maximum Gasteiger partial charge on any atom is 0.310 e. The van der Waals surface area contributed by atoms with Gasteiger partial charge in [-0.05, 0) is 41.9 Å². The van der Waals surface area contributed by atoms with Gasteiger partial charge in [-0.2, -0.15) is 0 Å². The zero-order chi connectivity index (χ0) is 15.3. The van der Waals surface area contributed by atoms with Gasteiger partial charge in [-0.15, -0.1) is 0 Å². The third-order valence-corrected chi connectivity index (χ3v) is 4.90. The van der Waals surface area contributed by atoms with Crippen molar-refractivity contribution in [2.45, 2.75) is 31.8 Å². The molecular formula is C13H18BrNO4S. The molecule has 1 atom stereocenters. The third-order valence-electron chi connectivity index (χ3n) is 2.46. The second kappa shape index (κ2) is 7.19. The first-order chi connectivity index (χ1) is 9.24. The highest BCUT2D eigenvalue weighted by atomic mass is 79.9. The van der Waals surface area contributed by atoms with Gasteiger partial charge in [-0.3, -0.25) is 4.79 Å². The van der Waals surface area contributed by atoms with Crippen LogP contribution in [0.15, 0.2) is 33.6 Å². The van der Waals surface area contributed by atoms with Gasteiger partial charge in [0, 0.05) is 11.0 Å². The molecule has 0 radical (unpaired) electrons. The van der Waals surface area contributed by atoms with Crippen molar-refractivity contribution >= 4 is 31.9 Å². The quantitative estimate of drug-likeness (QED) is 0.787. The molecule has 0 aliphatic heterocycles. The minimum Gasteiger partial charge on any atom is -0.463 e. The Morgan fingerprint density at radius 2 is 1.90 bits per heavy atom. The Balaban J connectivity index is 2.70. The summed E-state index contributed by atoms with van der Waals surface area (Å²) in [6.45, 7) is 5.11. The van der Waals surface area contributed by atoms with Crippen LogP contribution < -0.4 is 4.72 Å². The molecule has 1 aromatic rings. The van der Waals surface area contributed by atoms with Crippen LogP contribution in [0.3, 0.4) is 0 Å². The van der Waals surface area contributed by atoms with Crippen LogP contribution in [0.4, 0.5) is 0 Å². The van der Waals surface area contributed by atoms with E-state index >= 15 is 0 Å². The molecule has 0 aliphatic carbocycles. The molecule has 0 saturated heterocycles. The Morgan fingerprint density at radius 1 is 1.30 bits per heavy atom. The standard InChI is InChI=1S/C13H18BrNO4S/c1-9(2)19-13(16)10(3)8-15-20(17,18)12-7-5-4-6-11(12)14/h4-7,9-10,15H,8H2,1-3H3. The monoisotopic (exact) mass is 363 g/mol. The summed E-state index contributed by atoms with van der Waals surface area (Å²) in [6.07, 6.45) is -0.218. The molecule has 20 heavy (non-hydrogen) atoms. The molecule has 0 aromatic heterocycles. The minimum atomic E-state index is -3.65. The second-order valence-electron chi connectivity index (χ2n) is 4.67. The number of hydrogen-bond donors (Lipinski definition) is 1. The summed E-state index contributed by atoms with van der Waals surface area (Å²) >= 11 is 3.19. The van der Waals surface area contributed by atoms with Crippen LogP contribution >= 0.6 is 15.9 Å². The molecule has 0 spiro atoms. The van der Waals surface area contributed by atoms with Gasteiger partial charge in [-0.25, -0.2) is 13.1 Å². The Labute approximate surface area is 127 Å². The number of ether oxygens (including phenoxy) is 1. The summed E-state index contributed by atoms with van der Waals surface area (Å²) in [7, 11) is -3.65. The predicted octanol–water partition coefficient (Wildman–Crippen LogP) is 2.32. The van der Waals surface area contributed by atoms with Crippen LogP contribution in [0.5, 0.6) is 0 Å². The topological polar surface area (TPSA) is 72.5 Å². The normalized spacial score (nSPS) is 13.2. The summed E-state index contributed by atoms with van der Waals surface area (Å²) in [4.78, 5) is 11.8. The molecule has 0 fully saturated rings. The highest BCUT2D eigenvalue weighted by molar-refractivity contribution is 9.10. The average molecular weight is 364 g/mol. The molecule has 1 rings (SSSR count). The Bertz CT molecular complexity index is 571. The highest BCUT2D eigenvalue weighted by Crippen LogP contribution is 2.20. The molecular weight excluding hydrogens is 346 g/mol. The highest BCUT2D eigenvalue weighted by Gasteiger charge is 2.21. The summed E-state index contributed by atoms with van der Waals surface area (Å²) < 4.78 is 32.1. The lowest BCUT2D eigenvalue weighted by atomic mass is 10.2. The lowest BCUT2D eigenvalue weighted by Gasteiger charge is -2.15.